The molecule has 33 heavy (non-hydrogen) atoms. The number of carbonyl (C=O) groups is 1. The molecule has 1 aromatic heterocycles. The highest BCUT2D eigenvalue weighted by Gasteiger charge is 2.57. The van der Waals surface area contributed by atoms with Crippen LogP contribution in [0.3, 0.4) is 0 Å². The molecule has 1 saturated heterocycles. The maximum absolute atomic E-state index is 13.4. The molecular weight excluding hydrogens is 438 g/mol. The number of amides is 1. The number of sulfone groups is 1. The summed E-state index contributed by atoms with van der Waals surface area (Å²) in [6.07, 6.45) is 11.4. The molecule has 4 atom stereocenters. The van der Waals surface area contributed by atoms with Gasteiger partial charge in [0.05, 0.1) is 29.0 Å². The zero-order valence-electron chi connectivity index (χ0n) is 19.1. The number of fused-ring (bicyclic) bond motifs is 5. The molecule has 1 aromatic rings. The Hall–Kier alpha value is -1.67. The Morgan fingerprint density at radius 2 is 1.70 bits per heavy atom. The van der Waals surface area contributed by atoms with Crippen LogP contribution < -0.4 is 5.32 Å². The van der Waals surface area contributed by atoms with Crippen molar-refractivity contribution in [3.8, 4) is 0 Å². The van der Waals surface area contributed by atoms with Gasteiger partial charge in [0.2, 0.25) is 0 Å². The first kappa shape index (κ1) is 20.7. The van der Waals surface area contributed by atoms with Crippen LogP contribution in [-0.2, 0) is 9.84 Å². The van der Waals surface area contributed by atoms with Gasteiger partial charge >= 0.3 is 0 Å². The zero-order chi connectivity index (χ0) is 22.6. The normalized spacial score (nSPS) is 41.9. The number of aliphatic hydroxyl groups is 1. The molecule has 1 amide bonds. The summed E-state index contributed by atoms with van der Waals surface area (Å²) < 4.78 is 23.7. The molecule has 2 heterocycles. The minimum atomic E-state index is -3.03. The predicted octanol–water partition coefficient (Wildman–Crippen LogP) is 2.81. The van der Waals surface area contributed by atoms with Crippen LogP contribution >= 0.6 is 0 Å². The lowest BCUT2D eigenvalue weighted by molar-refractivity contribution is -0.127. The Morgan fingerprint density at radius 1 is 1.03 bits per heavy atom. The average Bonchev–Trinajstić information content (AvgIpc) is 3.34. The number of anilines is 1. The van der Waals surface area contributed by atoms with E-state index in [4.69, 9.17) is 4.98 Å². The molecule has 178 valence electrons. The Morgan fingerprint density at radius 3 is 2.36 bits per heavy atom. The van der Waals surface area contributed by atoms with Crippen molar-refractivity contribution < 1.29 is 18.3 Å². The van der Waals surface area contributed by atoms with E-state index in [-0.39, 0.29) is 36.0 Å². The van der Waals surface area contributed by atoms with Gasteiger partial charge < -0.3 is 15.3 Å². The van der Waals surface area contributed by atoms with Gasteiger partial charge in [-0.05, 0) is 92.6 Å². The zero-order valence-corrected chi connectivity index (χ0v) is 19.9. The van der Waals surface area contributed by atoms with Crippen LogP contribution in [0.1, 0.15) is 91.2 Å². The summed E-state index contributed by atoms with van der Waals surface area (Å²) in [6, 6.07) is 0. The summed E-state index contributed by atoms with van der Waals surface area (Å²) >= 11 is 0. The molecular formula is C25H33N3O4S. The van der Waals surface area contributed by atoms with Crippen LogP contribution in [0.4, 0.5) is 5.69 Å². The molecule has 0 spiro atoms. The van der Waals surface area contributed by atoms with Crippen LogP contribution in [0.25, 0.3) is 0 Å². The standard InChI is InChI=1S/C25H33N3O4S/c29-23(28-3-5-33(31,32)6-4-28)22-21-18-2-1-17(8-18)20(21)19(13-26-22)27-24-9-15-7-16(10-24)12-25(30,11-15)14-24/h13,15-18,27,30H,1-12,14H2. The van der Waals surface area contributed by atoms with Gasteiger partial charge in [0.25, 0.3) is 5.91 Å². The summed E-state index contributed by atoms with van der Waals surface area (Å²) in [5.41, 5.74) is 3.47. The maximum Gasteiger partial charge on any atom is 0.272 e. The van der Waals surface area contributed by atoms with Crippen LogP contribution in [0.5, 0.6) is 0 Å². The highest BCUT2D eigenvalue weighted by atomic mass is 32.2. The van der Waals surface area contributed by atoms with Crippen molar-refractivity contribution >= 4 is 21.4 Å². The van der Waals surface area contributed by atoms with E-state index in [1.54, 1.807) is 4.90 Å². The highest BCUT2D eigenvalue weighted by molar-refractivity contribution is 7.91. The predicted molar refractivity (Wildman–Crippen MR) is 124 cm³/mol. The van der Waals surface area contributed by atoms with Crippen LogP contribution in [0, 0.1) is 11.8 Å². The molecule has 7 nitrogen and oxygen atoms in total. The Kier molecular flexibility index (Phi) is 4.21. The van der Waals surface area contributed by atoms with Crippen molar-refractivity contribution in [2.45, 2.75) is 80.8 Å². The summed E-state index contributed by atoms with van der Waals surface area (Å²) in [4.78, 5) is 19.8. The van der Waals surface area contributed by atoms with Crippen LogP contribution in [0.2, 0.25) is 0 Å². The number of nitrogens with one attached hydrogen (secondary N) is 1. The van der Waals surface area contributed by atoms with E-state index in [0.717, 1.165) is 62.6 Å². The van der Waals surface area contributed by atoms with E-state index in [1.165, 1.54) is 12.0 Å². The largest absolute Gasteiger partial charge is 0.390 e. The highest BCUT2D eigenvalue weighted by Crippen LogP contribution is 2.60. The molecule has 1 aliphatic heterocycles. The van der Waals surface area contributed by atoms with Crippen molar-refractivity contribution in [2.75, 3.05) is 29.9 Å². The van der Waals surface area contributed by atoms with Crippen LogP contribution in [0.15, 0.2) is 6.20 Å². The van der Waals surface area contributed by atoms with Crippen molar-refractivity contribution in [2.24, 2.45) is 11.8 Å². The summed E-state index contributed by atoms with van der Waals surface area (Å²) in [5, 5.41) is 15.1. The molecule has 4 unspecified atom stereocenters. The van der Waals surface area contributed by atoms with Gasteiger partial charge in [0.15, 0.2) is 9.84 Å². The average molecular weight is 472 g/mol. The summed E-state index contributed by atoms with van der Waals surface area (Å²) in [5.74, 6) is 2.05. The second kappa shape index (κ2) is 6.72. The molecule has 0 aromatic carbocycles. The third-order valence-electron chi connectivity index (χ3n) is 9.67. The molecule has 8 heteroatoms. The summed E-state index contributed by atoms with van der Waals surface area (Å²) in [7, 11) is -3.03. The monoisotopic (exact) mass is 471 g/mol. The first-order valence-electron chi connectivity index (χ1n) is 12.7. The number of aromatic nitrogens is 1. The van der Waals surface area contributed by atoms with Gasteiger partial charge in [0.1, 0.15) is 5.69 Å². The fraction of sp³-hybridized carbons (Fsp3) is 0.760. The molecule has 7 aliphatic rings. The molecule has 8 rings (SSSR count). The van der Waals surface area contributed by atoms with E-state index in [0.29, 0.717) is 29.4 Å². The van der Waals surface area contributed by atoms with Crippen molar-refractivity contribution in [1.82, 2.24) is 9.88 Å². The lowest BCUT2D eigenvalue weighted by Crippen LogP contribution is -2.62. The number of nitrogens with zero attached hydrogens (tertiary/aromatic N) is 2. The minimum absolute atomic E-state index is 0.0420. The SMILES string of the molecule is O=C(c1ncc(NC23CC4CC(CC(O)(C4)C2)C3)c2c1C1CCC2C1)N1CCS(=O)(=O)CC1. The minimum Gasteiger partial charge on any atom is -0.390 e. The van der Waals surface area contributed by atoms with Gasteiger partial charge in [0, 0.05) is 18.6 Å². The molecule has 2 N–H and O–H groups in total. The number of hydrogen-bond acceptors (Lipinski definition) is 6. The van der Waals surface area contributed by atoms with E-state index >= 15 is 0 Å². The Balaban J connectivity index is 1.23. The molecule has 6 aliphatic carbocycles. The number of pyridine rings is 1. The first-order valence-corrected chi connectivity index (χ1v) is 14.6. The molecule has 6 bridgehead atoms. The Labute approximate surface area is 195 Å². The van der Waals surface area contributed by atoms with Gasteiger partial charge in [-0.25, -0.2) is 13.4 Å². The lowest BCUT2D eigenvalue weighted by atomic mass is 9.51. The topological polar surface area (TPSA) is 99.6 Å². The summed E-state index contributed by atoms with van der Waals surface area (Å²) in [6.45, 7) is 0.520. The third-order valence-corrected chi connectivity index (χ3v) is 11.3. The number of hydrogen-bond donors (Lipinski definition) is 2. The number of carbonyl (C=O) groups excluding carboxylic acids is 1. The van der Waals surface area contributed by atoms with E-state index < -0.39 is 15.4 Å². The fourth-order valence-electron chi connectivity index (χ4n) is 8.88. The van der Waals surface area contributed by atoms with Crippen molar-refractivity contribution in [3.63, 3.8) is 0 Å². The van der Waals surface area contributed by atoms with Crippen LogP contribution in [-0.4, -0.2) is 65.1 Å². The second-order valence-corrected chi connectivity index (χ2v) is 14.4. The van der Waals surface area contributed by atoms with Gasteiger partial charge in [-0.15, -0.1) is 0 Å². The molecule has 6 fully saturated rings. The van der Waals surface area contributed by atoms with E-state index in [9.17, 15) is 18.3 Å². The smallest absolute Gasteiger partial charge is 0.272 e. The molecule has 0 radical (unpaired) electrons. The number of rotatable bonds is 3. The van der Waals surface area contributed by atoms with Gasteiger partial charge in [-0.1, -0.05) is 0 Å². The fourth-order valence-corrected chi connectivity index (χ4v) is 10.1. The van der Waals surface area contributed by atoms with Crippen molar-refractivity contribution in [1.29, 1.82) is 0 Å². The van der Waals surface area contributed by atoms with E-state index in [1.807, 2.05) is 6.20 Å². The maximum atomic E-state index is 13.4. The van der Waals surface area contributed by atoms with E-state index in [2.05, 4.69) is 5.32 Å². The Bertz CT molecular complexity index is 1120. The molecule has 5 saturated carbocycles. The third kappa shape index (κ3) is 3.19. The second-order valence-electron chi connectivity index (χ2n) is 12.1. The van der Waals surface area contributed by atoms with Gasteiger partial charge in [-0.2, -0.15) is 0 Å². The van der Waals surface area contributed by atoms with Gasteiger partial charge in [-0.3, -0.25) is 4.79 Å². The quantitative estimate of drug-likeness (QED) is 0.703. The van der Waals surface area contributed by atoms with Crippen molar-refractivity contribution in [3.05, 3.63) is 23.0 Å². The lowest BCUT2D eigenvalue weighted by Gasteiger charge is -2.60. The first-order chi connectivity index (χ1) is 15.7.